The van der Waals surface area contributed by atoms with Crippen LogP contribution in [0.25, 0.3) is 0 Å². The van der Waals surface area contributed by atoms with Gasteiger partial charge in [0.1, 0.15) is 0 Å². The van der Waals surface area contributed by atoms with Crippen LogP contribution in [0.2, 0.25) is 10.0 Å². The third-order valence-corrected chi connectivity index (χ3v) is 23.5. The van der Waals surface area contributed by atoms with Crippen LogP contribution in [0.4, 0.5) is 28.9 Å². The standard InChI is InChI=1S/2C13H9ClF2N.2C5H5.Sn/c2*14-11-4-2-1-3-9(11)8-17-13-6-5-10(15)7-12(13)16;2*1-2-4-5-3-1;/h2*1-6,17H,8H2;2*1-3H,4H2;. The van der Waals surface area contributed by atoms with Crippen LogP contribution in [0.5, 0.6) is 0 Å². The molecule has 4 aromatic carbocycles. The van der Waals surface area contributed by atoms with E-state index >= 15 is 17.6 Å². The summed E-state index contributed by atoms with van der Waals surface area (Å²) in [6.45, 7) is 0.339. The Morgan fingerprint density at radius 2 is 1.00 bits per heavy atom. The fraction of sp³-hybridized carbons (Fsp3) is 0.111. The summed E-state index contributed by atoms with van der Waals surface area (Å²) in [6.07, 6.45) is 11.5. The average molecular weight is 754 g/mol. The Kier molecular flexibility index (Phi) is 9.45. The molecule has 2 N–H and O–H groups in total. The number of hydrogen-bond acceptors (Lipinski definition) is 2. The van der Waals surface area contributed by atoms with Crippen LogP contribution in [-0.4, -0.2) is 18.4 Å². The Bertz CT molecular complexity index is 1760. The molecule has 0 fully saturated rings. The van der Waals surface area contributed by atoms with Gasteiger partial charge in [-0.2, -0.15) is 0 Å². The minimum atomic E-state index is -5.35. The predicted octanol–water partition coefficient (Wildman–Crippen LogP) is 9.19. The number of rotatable bonds is 10. The fourth-order valence-corrected chi connectivity index (χ4v) is 21.7. The average Bonchev–Trinajstić information content (AvgIpc) is 3.77. The molecular formula is C36H28Cl2F4N2Sn. The molecule has 45 heavy (non-hydrogen) atoms. The van der Waals surface area contributed by atoms with Crippen LogP contribution in [0.1, 0.15) is 24.0 Å². The van der Waals surface area contributed by atoms with Gasteiger partial charge in [-0.1, -0.05) is 0 Å². The van der Waals surface area contributed by atoms with Crippen molar-refractivity contribution in [3.8, 4) is 0 Å². The zero-order valence-corrected chi connectivity index (χ0v) is 28.4. The molecule has 0 saturated carbocycles. The third kappa shape index (κ3) is 5.96. The zero-order chi connectivity index (χ0) is 31.6. The molecular weight excluding hydrogens is 726 g/mol. The molecule has 0 aliphatic heterocycles. The number of hydrogen-bond donors (Lipinski definition) is 2. The number of benzene rings is 4. The molecule has 2 nitrogen and oxygen atoms in total. The van der Waals surface area contributed by atoms with E-state index in [9.17, 15) is 0 Å². The van der Waals surface area contributed by atoms with Gasteiger partial charge < -0.3 is 0 Å². The Hall–Kier alpha value is -3.46. The second-order valence-electron chi connectivity index (χ2n) is 10.9. The van der Waals surface area contributed by atoms with Gasteiger partial charge in [0.25, 0.3) is 0 Å². The van der Waals surface area contributed by atoms with Gasteiger partial charge in [-0.3, -0.25) is 0 Å². The van der Waals surface area contributed by atoms with Crippen molar-refractivity contribution in [3.05, 3.63) is 161 Å². The molecule has 0 bridgehead atoms. The second-order valence-corrected chi connectivity index (χ2v) is 22.5. The van der Waals surface area contributed by atoms with Crippen molar-refractivity contribution in [3.63, 3.8) is 0 Å². The maximum atomic E-state index is 16.9. The molecule has 9 heteroatoms. The molecule has 6 rings (SSSR count). The van der Waals surface area contributed by atoms with Crippen molar-refractivity contribution in [1.29, 1.82) is 0 Å². The SMILES string of the molecule is Fc1ccc(NCc2ccccc2Cl)c(F)[c]1[Sn]([C]1=CC=CC1)([C]1=CC=CC1)[c]1c(F)ccc(NCc2ccccc2Cl)c1F. The Morgan fingerprint density at radius 1 is 0.578 bits per heavy atom. The topological polar surface area (TPSA) is 24.1 Å². The first-order valence-corrected chi connectivity index (χ1v) is 20.9. The quantitative estimate of drug-likeness (QED) is 0.125. The molecule has 0 radical (unpaired) electrons. The molecule has 2 aliphatic rings. The minimum absolute atomic E-state index is 0.0272. The first-order chi connectivity index (χ1) is 21.8. The molecule has 0 saturated heterocycles. The molecule has 0 unspecified atom stereocenters. The molecule has 0 atom stereocenters. The van der Waals surface area contributed by atoms with E-state index < -0.39 is 41.6 Å². The Labute approximate surface area is 273 Å². The van der Waals surface area contributed by atoms with Crippen molar-refractivity contribution >= 4 is 60.1 Å². The van der Waals surface area contributed by atoms with Crippen molar-refractivity contribution in [2.24, 2.45) is 0 Å². The van der Waals surface area contributed by atoms with Crippen molar-refractivity contribution in [2.75, 3.05) is 10.6 Å². The third-order valence-electron chi connectivity index (χ3n) is 8.29. The van der Waals surface area contributed by atoms with Crippen LogP contribution >= 0.6 is 23.2 Å². The maximum absolute atomic E-state index is 16.9. The molecule has 0 amide bonds. The van der Waals surface area contributed by atoms with Gasteiger partial charge in [0.15, 0.2) is 0 Å². The fourth-order valence-electron chi connectivity index (χ4n) is 6.15. The van der Waals surface area contributed by atoms with Gasteiger partial charge in [-0.15, -0.1) is 0 Å². The van der Waals surface area contributed by atoms with Crippen LogP contribution in [0.15, 0.2) is 116 Å². The Morgan fingerprint density at radius 3 is 1.38 bits per heavy atom. The van der Waals surface area contributed by atoms with E-state index in [-0.39, 0.29) is 31.6 Å². The van der Waals surface area contributed by atoms with E-state index in [0.717, 1.165) is 11.1 Å². The summed E-state index contributed by atoms with van der Waals surface area (Å²) in [5.41, 5.74) is 1.50. The monoisotopic (exact) mass is 754 g/mol. The van der Waals surface area contributed by atoms with Gasteiger partial charge in [-0.05, 0) is 0 Å². The summed E-state index contributed by atoms with van der Waals surface area (Å²) in [6, 6.07) is 19.3. The molecule has 0 heterocycles. The van der Waals surface area contributed by atoms with Gasteiger partial charge in [0, 0.05) is 0 Å². The van der Waals surface area contributed by atoms with Crippen LogP contribution in [-0.2, 0) is 13.1 Å². The van der Waals surface area contributed by atoms with E-state index in [1.54, 1.807) is 60.7 Å². The summed E-state index contributed by atoms with van der Waals surface area (Å²) in [7, 11) is 0. The van der Waals surface area contributed by atoms with Crippen molar-refractivity contribution in [1.82, 2.24) is 0 Å². The van der Waals surface area contributed by atoms with E-state index in [1.165, 1.54) is 24.3 Å². The molecule has 0 aromatic heterocycles. The summed E-state index contributed by atoms with van der Waals surface area (Å²) in [5, 5.41) is 7.10. The predicted molar refractivity (Wildman–Crippen MR) is 179 cm³/mol. The number of nitrogens with one attached hydrogen (secondary N) is 2. The summed E-state index contributed by atoms with van der Waals surface area (Å²) >= 11 is 7.30. The first-order valence-electron chi connectivity index (χ1n) is 14.5. The second kappa shape index (κ2) is 13.5. The zero-order valence-electron chi connectivity index (χ0n) is 24.0. The van der Waals surface area contributed by atoms with Gasteiger partial charge in [0.05, 0.1) is 0 Å². The number of allylic oxidation sites excluding steroid dienone is 8. The van der Waals surface area contributed by atoms with Gasteiger partial charge in [0.2, 0.25) is 0 Å². The summed E-state index contributed by atoms with van der Waals surface area (Å²) < 4.78 is 67.3. The molecule has 2 aliphatic carbocycles. The van der Waals surface area contributed by atoms with Crippen molar-refractivity contribution in [2.45, 2.75) is 25.9 Å². The van der Waals surface area contributed by atoms with Gasteiger partial charge >= 0.3 is 275 Å². The molecule has 0 spiro atoms. The van der Waals surface area contributed by atoms with Crippen LogP contribution in [0, 0.1) is 23.3 Å². The number of anilines is 2. The van der Waals surface area contributed by atoms with E-state index in [2.05, 4.69) is 10.6 Å². The van der Waals surface area contributed by atoms with Crippen LogP contribution in [0.3, 0.4) is 0 Å². The van der Waals surface area contributed by atoms with Crippen LogP contribution < -0.4 is 17.8 Å². The van der Waals surface area contributed by atoms with Gasteiger partial charge in [-0.25, -0.2) is 0 Å². The van der Waals surface area contributed by atoms with E-state index in [0.29, 0.717) is 30.1 Å². The van der Waals surface area contributed by atoms with Crippen molar-refractivity contribution < 1.29 is 17.6 Å². The number of halogens is 6. The summed E-state index contributed by atoms with van der Waals surface area (Å²) in [5.74, 6) is -3.38. The molecule has 4 aromatic rings. The normalized spacial score (nSPS) is 14.1. The molecule has 228 valence electrons. The summed E-state index contributed by atoms with van der Waals surface area (Å²) in [4.78, 5) is 0. The first kappa shape index (κ1) is 31.5. The Balaban J connectivity index is 1.54. The van der Waals surface area contributed by atoms with E-state index in [1.807, 2.05) is 24.3 Å². The van der Waals surface area contributed by atoms with E-state index in [4.69, 9.17) is 23.2 Å².